The molecule has 12 atom stereocenters. The van der Waals surface area contributed by atoms with Gasteiger partial charge in [-0.2, -0.15) is 0 Å². The van der Waals surface area contributed by atoms with E-state index < -0.39 is 116 Å². The second kappa shape index (κ2) is 21.3. The van der Waals surface area contributed by atoms with Crippen LogP contribution >= 0.6 is 23.5 Å². The first kappa shape index (κ1) is 52.6. The van der Waals surface area contributed by atoms with E-state index in [1.54, 1.807) is 37.7 Å². The van der Waals surface area contributed by atoms with Crippen LogP contribution in [0.1, 0.15) is 90.2 Å². The number of carbonyl (C=O) groups is 8. The van der Waals surface area contributed by atoms with Gasteiger partial charge < -0.3 is 52.3 Å². The van der Waals surface area contributed by atoms with Gasteiger partial charge in [-0.05, 0) is 75.6 Å². The van der Waals surface area contributed by atoms with E-state index in [2.05, 4.69) is 21.3 Å². The van der Waals surface area contributed by atoms with E-state index in [4.69, 9.17) is 11.5 Å². The van der Waals surface area contributed by atoms with Crippen molar-refractivity contribution < 1.29 is 38.4 Å². The van der Waals surface area contributed by atoms with E-state index in [0.29, 0.717) is 12.8 Å². The summed E-state index contributed by atoms with van der Waals surface area (Å²) in [5.74, 6) is -4.81. The molecule has 0 aliphatic carbocycles. The van der Waals surface area contributed by atoms with Crippen LogP contribution in [0, 0.1) is 10.8 Å². The third-order valence-electron chi connectivity index (χ3n) is 15.1. The highest BCUT2D eigenvalue weighted by molar-refractivity contribution is 8.00. The Bertz CT molecular complexity index is 2160. The highest BCUT2D eigenvalue weighted by Crippen LogP contribution is 2.52. The number of carbonyl (C=O) groups excluding carboxylic acids is 8. The minimum Gasteiger partial charge on any atom is -0.368 e. The number of primary amides is 2. The number of hydrogen-bond donors (Lipinski definition) is 6. The van der Waals surface area contributed by atoms with E-state index in [9.17, 15) is 28.8 Å². The normalized spacial score (nSPS) is 29.1. The number of rotatable bonds is 14. The average molecular weight is 1000 g/mol. The Balaban J connectivity index is 1.17. The molecule has 5 aliphatic heterocycles. The molecule has 5 aliphatic rings. The molecule has 0 radical (unpaired) electrons. The number of fused-ring (bicyclic) bond motifs is 2. The first-order valence-corrected chi connectivity index (χ1v) is 26.1. The Morgan fingerprint density at radius 1 is 0.586 bits per heavy atom. The maximum absolute atomic E-state index is 15.3. The molecular formula is C50H70N10O8S2. The van der Waals surface area contributed by atoms with Crippen molar-refractivity contribution in [2.45, 2.75) is 137 Å². The summed E-state index contributed by atoms with van der Waals surface area (Å²) in [6.45, 7) is 11.8. The molecular weight excluding hydrogens is 933 g/mol. The van der Waals surface area contributed by atoms with Gasteiger partial charge in [0, 0.05) is 36.7 Å². The van der Waals surface area contributed by atoms with Gasteiger partial charge in [-0.15, -0.1) is 23.5 Å². The van der Waals surface area contributed by atoms with Crippen molar-refractivity contribution in [1.82, 2.24) is 40.9 Å². The van der Waals surface area contributed by atoms with Gasteiger partial charge in [0.05, 0.1) is 34.7 Å². The minimum absolute atomic E-state index is 0.111. The number of nitrogens with zero attached hydrogens (tertiary/aromatic N) is 4. The van der Waals surface area contributed by atoms with Gasteiger partial charge in [-0.3, -0.25) is 38.4 Å². The van der Waals surface area contributed by atoms with Gasteiger partial charge in [-0.25, -0.2) is 0 Å². The van der Waals surface area contributed by atoms with Crippen molar-refractivity contribution in [2.75, 3.05) is 40.3 Å². The highest BCUT2D eigenvalue weighted by Gasteiger charge is 2.58. The van der Waals surface area contributed by atoms with Gasteiger partial charge in [-0.1, -0.05) is 88.4 Å². The lowest BCUT2D eigenvalue weighted by atomic mass is 9.84. The molecule has 0 saturated carbocycles. The Kier molecular flexibility index (Phi) is 16.0. The Labute approximate surface area is 419 Å². The van der Waals surface area contributed by atoms with Crippen LogP contribution in [-0.4, -0.2) is 165 Å². The summed E-state index contributed by atoms with van der Waals surface area (Å²) in [5.41, 5.74) is 12.1. The summed E-state index contributed by atoms with van der Waals surface area (Å²) in [4.78, 5) is 119. The van der Waals surface area contributed by atoms with Crippen molar-refractivity contribution >= 4 is 70.8 Å². The van der Waals surface area contributed by atoms with Crippen LogP contribution in [0.3, 0.4) is 0 Å². The van der Waals surface area contributed by atoms with Crippen LogP contribution < -0.4 is 32.7 Å². The van der Waals surface area contributed by atoms with Crippen molar-refractivity contribution in [3.05, 3.63) is 71.8 Å². The predicted molar refractivity (Wildman–Crippen MR) is 268 cm³/mol. The zero-order valence-electron chi connectivity index (χ0n) is 41.4. The van der Waals surface area contributed by atoms with Crippen LogP contribution in [0.5, 0.6) is 0 Å². The summed E-state index contributed by atoms with van der Waals surface area (Å²) in [6, 6.07) is 13.6. The standard InChI is InChI=1S/C50H70N10O8S2/c1-27(53-7)43(63)55-31-23-33(69-35-25-49(3,4)39(41(51)61)59(35)45(31)65)37(29-15-11-9-12-16-29)47(67)57-19-21-58(22-20-57)48(68)38(30-17-13-10-14-18-30)34-24-32(56-44(64)28(2)54-8)46(66)60-36(70-34)26-50(5,6)40(60)42(52)62/h9-18,27-28,31-40,53-54H,19-26H2,1-8H3,(H2,51,61)(H2,52,62)(H,55,63)(H,56,64)/t27-,28-,31?,32?,33?,34?,35?,36?,37+,38+,39?,40?/m0/s1. The van der Waals surface area contributed by atoms with Gasteiger partial charge in [0.1, 0.15) is 24.2 Å². The fourth-order valence-corrected chi connectivity index (χ4v) is 15.2. The van der Waals surface area contributed by atoms with Crippen LogP contribution in [0.25, 0.3) is 0 Å². The molecule has 5 saturated heterocycles. The number of hydrogen-bond acceptors (Lipinski definition) is 12. The van der Waals surface area contributed by atoms with Crippen molar-refractivity contribution in [2.24, 2.45) is 22.3 Å². The second-order valence-electron chi connectivity index (χ2n) is 20.8. The molecule has 8 N–H and O–H groups in total. The third-order valence-corrected chi connectivity index (χ3v) is 18.1. The summed E-state index contributed by atoms with van der Waals surface area (Å²) < 4.78 is 0. The van der Waals surface area contributed by atoms with Crippen molar-refractivity contribution in [3.8, 4) is 0 Å². The molecule has 0 spiro atoms. The largest absolute Gasteiger partial charge is 0.368 e. The minimum atomic E-state index is -1.05. The van der Waals surface area contributed by atoms with Crippen molar-refractivity contribution in [3.63, 3.8) is 0 Å². The van der Waals surface area contributed by atoms with Gasteiger partial charge in [0.15, 0.2) is 0 Å². The van der Waals surface area contributed by atoms with E-state index in [0.717, 1.165) is 11.1 Å². The molecule has 70 heavy (non-hydrogen) atoms. The molecule has 7 rings (SSSR count). The third kappa shape index (κ3) is 10.6. The summed E-state index contributed by atoms with van der Waals surface area (Å²) in [7, 11) is 3.29. The number of piperazine rings is 1. The Hall–Kier alpha value is -5.18. The maximum atomic E-state index is 15.3. The van der Waals surface area contributed by atoms with Crippen molar-refractivity contribution in [1.29, 1.82) is 0 Å². The first-order valence-electron chi connectivity index (χ1n) is 24.3. The quantitative estimate of drug-likeness (QED) is 0.157. The zero-order chi connectivity index (χ0) is 51.0. The molecule has 18 nitrogen and oxygen atoms in total. The lowest BCUT2D eigenvalue weighted by molar-refractivity contribution is -0.143. The molecule has 8 unspecified atom stereocenters. The molecule has 2 aromatic rings. The van der Waals surface area contributed by atoms with Gasteiger partial charge in [0.25, 0.3) is 0 Å². The smallest absolute Gasteiger partial charge is 0.246 e. The summed E-state index contributed by atoms with van der Waals surface area (Å²) in [6.07, 6.45) is 1.11. The van der Waals surface area contributed by atoms with Gasteiger partial charge in [0.2, 0.25) is 47.3 Å². The molecule has 5 fully saturated rings. The Morgan fingerprint density at radius 2 is 0.914 bits per heavy atom. The molecule has 20 heteroatoms. The highest BCUT2D eigenvalue weighted by atomic mass is 32.2. The number of benzene rings is 2. The molecule has 5 heterocycles. The Morgan fingerprint density at radius 3 is 1.21 bits per heavy atom. The fourth-order valence-electron chi connectivity index (χ4n) is 11.2. The number of nitrogens with one attached hydrogen (secondary N) is 4. The predicted octanol–water partition coefficient (Wildman–Crippen LogP) is 1.30. The SMILES string of the molecule is CN[C@@H](C)C(=O)NC1CC([C@H](C(=O)N2CCN(C(=O)[C@H](c3ccccc3)C3CC(NC(=O)[C@H](C)NC)C(=O)N4C(CC(C)(C)C4C(N)=O)S3)CC2)c2ccccc2)SC2CC(C)(C)C(C(N)=O)N2C1=O. The zero-order valence-corrected chi connectivity index (χ0v) is 43.0. The van der Waals surface area contributed by atoms with Crippen LogP contribution in [-0.2, 0) is 38.4 Å². The fraction of sp³-hybridized carbons (Fsp3) is 0.600. The molecule has 8 amide bonds. The van der Waals surface area contributed by atoms with Gasteiger partial charge >= 0.3 is 0 Å². The number of nitrogens with two attached hydrogens (primary N) is 2. The molecule has 0 aromatic heterocycles. The van der Waals surface area contributed by atoms with E-state index >= 15 is 9.59 Å². The van der Waals surface area contributed by atoms with E-state index in [1.807, 2.05) is 88.4 Å². The summed E-state index contributed by atoms with van der Waals surface area (Å²) in [5, 5.41) is 9.66. The molecule has 380 valence electrons. The number of likely N-dealkylation sites (N-methyl/N-ethyl adjacent to an activating group) is 2. The molecule has 0 bridgehead atoms. The van der Waals surface area contributed by atoms with Crippen LogP contribution in [0.15, 0.2) is 60.7 Å². The topological polar surface area (TPSA) is 250 Å². The maximum Gasteiger partial charge on any atom is 0.246 e. The summed E-state index contributed by atoms with van der Waals surface area (Å²) >= 11 is 2.93. The monoisotopic (exact) mass is 1000 g/mol. The lowest BCUT2D eigenvalue weighted by Gasteiger charge is -2.40. The number of amides is 8. The first-order chi connectivity index (χ1) is 33.1. The lowest BCUT2D eigenvalue weighted by Crippen LogP contribution is -2.57. The second-order valence-corrected chi connectivity index (χ2v) is 23.6. The van der Waals surface area contributed by atoms with E-state index in [1.165, 1.54) is 33.3 Å². The molecule has 2 aromatic carbocycles. The van der Waals surface area contributed by atoms with Crippen LogP contribution in [0.4, 0.5) is 0 Å². The van der Waals surface area contributed by atoms with Crippen LogP contribution in [0.2, 0.25) is 0 Å². The average Bonchev–Trinajstić information content (AvgIpc) is 3.67. The van der Waals surface area contributed by atoms with E-state index in [-0.39, 0.29) is 50.8 Å². The number of thioether (sulfide) groups is 2.